The van der Waals surface area contributed by atoms with E-state index in [2.05, 4.69) is 5.10 Å². The van der Waals surface area contributed by atoms with E-state index in [1.165, 1.54) is 56.4 Å². The monoisotopic (exact) mass is 576 g/mol. The van der Waals surface area contributed by atoms with Crippen LogP contribution in [0.15, 0.2) is 58.4 Å². The second-order valence-electron chi connectivity index (χ2n) is 8.44. The Balaban J connectivity index is 2.04. The molecule has 2 aromatic carbocycles. The zero-order valence-electron chi connectivity index (χ0n) is 19.4. The van der Waals surface area contributed by atoms with Crippen molar-refractivity contribution < 1.29 is 32.0 Å². The number of ether oxygens (including phenoxy) is 1. The van der Waals surface area contributed by atoms with Gasteiger partial charge in [-0.15, -0.1) is 0 Å². The molecule has 0 atom stereocenters. The van der Waals surface area contributed by atoms with E-state index in [1.807, 2.05) is 0 Å². The molecule has 0 aliphatic rings. The van der Waals surface area contributed by atoms with Crippen molar-refractivity contribution in [2.75, 3.05) is 12.9 Å². The molecule has 0 saturated heterocycles. The van der Waals surface area contributed by atoms with Crippen LogP contribution in [0.4, 0.5) is 0 Å². The Morgan fingerprint density at radius 1 is 1.08 bits per heavy atom. The molecule has 1 aromatic heterocycles. The Morgan fingerprint density at radius 2 is 1.72 bits per heavy atom. The van der Waals surface area contributed by atoms with Crippen LogP contribution in [0.3, 0.4) is 0 Å². The van der Waals surface area contributed by atoms with Crippen molar-refractivity contribution >= 4 is 40.9 Å². The van der Waals surface area contributed by atoms with Gasteiger partial charge in [-0.2, -0.15) is 9.78 Å². The SMILES string of the molecule is CC(C)(CCOc1c(-c2ccc(S(C)(=O)=O)cc2)cnn(-c2ccc(Cl)c(Cl)c2)c1=O)OP(=O)(O)O. The molecule has 3 rings (SSSR count). The van der Waals surface area contributed by atoms with E-state index in [9.17, 15) is 17.8 Å². The minimum Gasteiger partial charge on any atom is -0.487 e. The minimum absolute atomic E-state index is 0.0269. The molecule has 0 fully saturated rings. The standard InChI is InChI=1S/C22H23Cl2N2O8PS/c1-22(2,34-35(28,29)30)10-11-33-20-17(14-4-7-16(8-5-14)36(3,31)32)13-25-26(21(20)27)15-6-9-18(23)19(24)12-15/h4-9,12-13H,10-11H2,1-3H3,(H2,28,29,30). The number of sulfone groups is 1. The van der Waals surface area contributed by atoms with Crippen LogP contribution in [0.5, 0.6) is 5.75 Å². The average Bonchev–Trinajstić information content (AvgIpc) is 2.74. The first kappa shape index (κ1) is 28.3. The number of nitrogens with zero attached hydrogens (tertiary/aromatic N) is 2. The molecule has 0 amide bonds. The van der Waals surface area contributed by atoms with Gasteiger partial charge in [-0.1, -0.05) is 35.3 Å². The quantitative estimate of drug-likeness (QED) is 0.356. The number of phosphoric ester groups is 1. The number of aromatic nitrogens is 2. The average molecular weight is 577 g/mol. The third-order valence-corrected chi connectivity index (χ3v) is 7.59. The van der Waals surface area contributed by atoms with Crippen LogP contribution in [0, 0.1) is 0 Å². The molecular formula is C22H23Cl2N2O8PS. The maximum Gasteiger partial charge on any atom is 0.470 e. The molecule has 0 spiro atoms. The molecule has 0 radical (unpaired) electrons. The largest absolute Gasteiger partial charge is 0.487 e. The van der Waals surface area contributed by atoms with E-state index in [1.54, 1.807) is 6.07 Å². The molecule has 36 heavy (non-hydrogen) atoms. The topological polar surface area (TPSA) is 145 Å². The van der Waals surface area contributed by atoms with Crippen molar-refractivity contribution in [3.63, 3.8) is 0 Å². The van der Waals surface area contributed by atoms with Crippen LogP contribution in [0.2, 0.25) is 10.0 Å². The van der Waals surface area contributed by atoms with Crippen molar-refractivity contribution in [3.05, 3.63) is 69.1 Å². The summed E-state index contributed by atoms with van der Waals surface area (Å²) in [4.78, 5) is 31.7. The summed E-state index contributed by atoms with van der Waals surface area (Å²) in [5.41, 5.74) is -0.833. The van der Waals surface area contributed by atoms with E-state index in [0.717, 1.165) is 10.9 Å². The zero-order valence-corrected chi connectivity index (χ0v) is 22.6. The fourth-order valence-electron chi connectivity index (χ4n) is 3.23. The first-order valence-corrected chi connectivity index (χ1v) is 14.5. The predicted octanol–water partition coefficient (Wildman–Crippen LogP) is 4.27. The van der Waals surface area contributed by atoms with Crippen LogP contribution >= 0.6 is 31.0 Å². The number of halogens is 2. The van der Waals surface area contributed by atoms with E-state index in [-0.39, 0.29) is 34.3 Å². The highest BCUT2D eigenvalue weighted by molar-refractivity contribution is 7.90. The van der Waals surface area contributed by atoms with Crippen LogP contribution in [-0.2, 0) is 18.9 Å². The smallest absolute Gasteiger partial charge is 0.470 e. The highest BCUT2D eigenvalue weighted by Crippen LogP contribution is 2.42. The van der Waals surface area contributed by atoms with Crippen LogP contribution in [0.25, 0.3) is 16.8 Å². The van der Waals surface area contributed by atoms with Crippen LogP contribution in [-0.4, -0.2) is 46.4 Å². The third-order valence-electron chi connectivity index (χ3n) is 4.99. The lowest BCUT2D eigenvalue weighted by molar-refractivity contribution is 0.0461. The zero-order chi connectivity index (χ0) is 26.9. The first-order chi connectivity index (χ1) is 16.6. The lowest BCUT2D eigenvalue weighted by Crippen LogP contribution is -2.28. The second kappa shape index (κ2) is 10.6. The van der Waals surface area contributed by atoms with Crippen LogP contribution in [0.1, 0.15) is 20.3 Å². The normalized spacial score (nSPS) is 12.5. The Labute approximate surface area is 217 Å². The molecule has 10 nitrogen and oxygen atoms in total. The van der Waals surface area contributed by atoms with Crippen molar-refractivity contribution in [2.45, 2.75) is 30.8 Å². The van der Waals surface area contributed by atoms with Crippen LogP contribution < -0.4 is 10.3 Å². The summed E-state index contributed by atoms with van der Waals surface area (Å²) >= 11 is 12.1. The number of benzene rings is 2. The molecule has 194 valence electrons. The molecule has 0 bridgehead atoms. The van der Waals surface area contributed by atoms with Gasteiger partial charge in [-0.25, -0.2) is 13.0 Å². The van der Waals surface area contributed by atoms with Gasteiger partial charge in [0, 0.05) is 18.2 Å². The van der Waals surface area contributed by atoms with E-state index >= 15 is 0 Å². The van der Waals surface area contributed by atoms with Gasteiger partial charge in [0.2, 0.25) is 0 Å². The van der Waals surface area contributed by atoms with E-state index < -0.39 is 28.8 Å². The predicted molar refractivity (Wildman–Crippen MR) is 136 cm³/mol. The summed E-state index contributed by atoms with van der Waals surface area (Å²) in [5, 5.41) is 4.71. The van der Waals surface area contributed by atoms with Crippen molar-refractivity contribution in [1.29, 1.82) is 0 Å². The number of hydrogen-bond acceptors (Lipinski definition) is 7. The molecule has 0 unspecified atom stereocenters. The van der Waals surface area contributed by atoms with Gasteiger partial charge in [-0.05, 0) is 49.7 Å². The lowest BCUT2D eigenvalue weighted by atomic mass is 10.1. The molecule has 0 aliphatic carbocycles. The summed E-state index contributed by atoms with van der Waals surface area (Å²) in [5.74, 6) is -0.116. The van der Waals surface area contributed by atoms with Gasteiger partial charge < -0.3 is 14.5 Å². The van der Waals surface area contributed by atoms with Gasteiger partial charge >= 0.3 is 13.4 Å². The van der Waals surface area contributed by atoms with Crippen molar-refractivity contribution in [1.82, 2.24) is 9.78 Å². The summed E-state index contributed by atoms with van der Waals surface area (Å²) in [7, 11) is -8.18. The number of phosphoric acid groups is 1. The molecule has 3 aromatic rings. The highest BCUT2D eigenvalue weighted by atomic mass is 35.5. The molecule has 1 heterocycles. The maximum absolute atomic E-state index is 13.4. The second-order valence-corrected chi connectivity index (χ2v) is 12.4. The summed E-state index contributed by atoms with van der Waals surface area (Å²) in [6, 6.07) is 10.3. The first-order valence-electron chi connectivity index (χ1n) is 10.3. The van der Waals surface area contributed by atoms with Gasteiger partial charge in [0.25, 0.3) is 0 Å². The number of hydrogen-bond donors (Lipinski definition) is 2. The Kier molecular flexibility index (Phi) is 8.36. The summed E-state index contributed by atoms with van der Waals surface area (Å²) in [6.45, 7) is 2.81. The van der Waals surface area contributed by atoms with Gasteiger partial charge in [0.15, 0.2) is 15.6 Å². The van der Waals surface area contributed by atoms with E-state index in [0.29, 0.717) is 16.3 Å². The Morgan fingerprint density at radius 3 is 2.28 bits per heavy atom. The third kappa shape index (κ3) is 7.17. The molecular weight excluding hydrogens is 554 g/mol. The van der Waals surface area contributed by atoms with Gasteiger partial charge in [-0.3, -0.25) is 9.32 Å². The highest BCUT2D eigenvalue weighted by Gasteiger charge is 2.29. The minimum atomic E-state index is -4.75. The van der Waals surface area contributed by atoms with Crippen molar-refractivity contribution in [3.8, 4) is 22.6 Å². The van der Waals surface area contributed by atoms with Gasteiger partial charge in [0.05, 0.1) is 39.0 Å². The van der Waals surface area contributed by atoms with Gasteiger partial charge in [0.1, 0.15) is 0 Å². The van der Waals surface area contributed by atoms with E-state index in [4.69, 9.17) is 42.2 Å². The molecule has 0 saturated carbocycles. The fraction of sp³-hybridized carbons (Fsp3) is 0.273. The Hall–Kier alpha value is -2.24. The lowest BCUT2D eigenvalue weighted by Gasteiger charge is -2.25. The summed E-state index contributed by atoms with van der Waals surface area (Å²) < 4.78 is 46.5. The fourth-order valence-corrected chi connectivity index (χ4v) is 4.89. The molecule has 0 aliphatic heterocycles. The molecule has 14 heteroatoms. The molecule has 2 N–H and O–H groups in total. The number of rotatable bonds is 9. The Bertz CT molecular complexity index is 1480. The summed E-state index contributed by atoms with van der Waals surface area (Å²) in [6.07, 6.45) is 2.49. The van der Waals surface area contributed by atoms with Crippen molar-refractivity contribution in [2.24, 2.45) is 0 Å². The maximum atomic E-state index is 13.4.